The number of aromatic carboxylic acids is 1. The van der Waals surface area contributed by atoms with Gasteiger partial charge in [0.15, 0.2) is 0 Å². The van der Waals surface area contributed by atoms with Gasteiger partial charge in [-0.25, -0.2) is 17.9 Å². The number of hydrogen-bond donors (Lipinski definition) is 3. The van der Waals surface area contributed by atoms with Crippen LogP contribution < -0.4 is 10.0 Å². The van der Waals surface area contributed by atoms with E-state index >= 15 is 0 Å². The number of sulfonamides is 1. The number of hydrogen-bond acceptors (Lipinski definition) is 4. The second kappa shape index (κ2) is 8.31. The van der Waals surface area contributed by atoms with Crippen molar-refractivity contribution in [3.8, 4) is 0 Å². The second-order valence-corrected chi connectivity index (χ2v) is 7.49. The van der Waals surface area contributed by atoms with Crippen LogP contribution in [0, 0.1) is 0 Å². The lowest BCUT2D eigenvalue weighted by molar-refractivity contribution is 0.0697. The minimum atomic E-state index is -3.72. The van der Waals surface area contributed by atoms with Gasteiger partial charge in [-0.2, -0.15) is 0 Å². The average Bonchev–Trinajstić information content (AvgIpc) is 2.46. The van der Waals surface area contributed by atoms with Crippen LogP contribution in [0.2, 0.25) is 0 Å². The van der Waals surface area contributed by atoms with Crippen LogP contribution >= 0.6 is 0 Å². The molecule has 0 aliphatic carbocycles. The van der Waals surface area contributed by atoms with Crippen LogP contribution in [0.3, 0.4) is 0 Å². The molecule has 0 fully saturated rings. The van der Waals surface area contributed by atoms with Crippen molar-refractivity contribution in [3.05, 3.63) is 23.8 Å². The summed E-state index contributed by atoms with van der Waals surface area (Å²) in [5.74, 6) is -1.16. The van der Waals surface area contributed by atoms with Gasteiger partial charge in [0.05, 0.1) is 10.5 Å². The summed E-state index contributed by atoms with van der Waals surface area (Å²) in [4.78, 5) is 11.4. The highest BCUT2D eigenvalue weighted by molar-refractivity contribution is 7.89. The molecule has 1 rings (SSSR count). The van der Waals surface area contributed by atoms with Gasteiger partial charge < -0.3 is 10.4 Å². The zero-order chi connectivity index (χ0) is 17.6. The Morgan fingerprint density at radius 1 is 1.22 bits per heavy atom. The fourth-order valence-corrected chi connectivity index (χ4v) is 3.53. The quantitative estimate of drug-likeness (QED) is 0.641. The molecule has 0 saturated heterocycles. The summed E-state index contributed by atoms with van der Waals surface area (Å²) >= 11 is 0. The predicted molar refractivity (Wildman–Crippen MR) is 91.5 cm³/mol. The average molecular weight is 342 g/mol. The van der Waals surface area contributed by atoms with Crippen LogP contribution in [-0.2, 0) is 10.0 Å². The first-order valence-corrected chi connectivity index (χ1v) is 9.35. The Bertz CT molecular complexity index is 643. The molecule has 0 aromatic heterocycles. The first-order chi connectivity index (χ1) is 10.7. The summed E-state index contributed by atoms with van der Waals surface area (Å²) in [6.07, 6.45) is 2.52. The van der Waals surface area contributed by atoms with Crippen LogP contribution in [0.15, 0.2) is 23.1 Å². The standard InChI is InChI=1S/C16H26N2O4S/c1-5-7-12(4)17-15-9-8-13(10-14(15)16(19)20)23(21,22)18-11(3)6-2/h8-12,17-18H,5-7H2,1-4H3,(H,19,20)/t11-,12-/m0/s1. The number of carbonyl (C=O) groups is 1. The Balaban J connectivity index is 3.15. The highest BCUT2D eigenvalue weighted by Crippen LogP contribution is 2.22. The van der Waals surface area contributed by atoms with Gasteiger partial charge >= 0.3 is 5.97 Å². The van der Waals surface area contributed by atoms with Crippen molar-refractivity contribution in [2.24, 2.45) is 0 Å². The molecule has 0 spiro atoms. The molecule has 7 heteroatoms. The van der Waals surface area contributed by atoms with Crippen LogP contribution in [0.4, 0.5) is 5.69 Å². The molecule has 0 heterocycles. The van der Waals surface area contributed by atoms with Crippen molar-refractivity contribution in [3.63, 3.8) is 0 Å². The van der Waals surface area contributed by atoms with Gasteiger partial charge in [-0.05, 0) is 44.9 Å². The number of rotatable bonds is 9. The molecule has 0 radical (unpaired) electrons. The van der Waals surface area contributed by atoms with Crippen molar-refractivity contribution in [2.75, 3.05) is 5.32 Å². The Kier molecular flexibility index (Phi) is 7.02. The molecule has 2 atom stereocenters. The zero-order valence-corrected chi connectivity index (χ0v) is 14.9. The van der Waals surface area contributed by atoms with Crippen molar-refractivity contribution in [1.82, 2.24) is 4.72 Å². The topological polar surface area (TPSA) is 95.5 Å². The molecule has 0 aliphatic heterocycles. The largest absolute Gasteiger partial charge is 0.478 e. The fourth-order valence-electron chi connectivity index (χ4n) is 2.18. The van der Waals surface area contributed by atoms with E-state index < -0.39 is 16.0 Å². The Morgan fingerprint density at radius 2 is 1.87 bits per heavy atom. The highest BCUT2D eigenvalue weighted by atomic mass is 32.2. The molecule has 1 aromatic carbocycles. The number of benzene rings is 1. The Hall–Kier alpha value is -1.60. The molecule has 0 saturated carbocycles. The number of anilines is 1. The molecule has 0 amide bonds. The van der Waals surface area contributed by atoms with E-state index in [4.69, 9.17) is 0 Å². The lowest BCUT2D eigenvalue weighted by Gasteiger charge is -2.18. The van der Waals surface area contributed by atoms with E-state index in [9.17, 15) is 18.3 Å². The smallest absolute Gasteiger partial charge is 0.337 e. The monoisotopic (exact) mass is 342 g/mol. The van der Waals surface area contributed by atoms with Gasteiger partial charge in [-0.1, -0.05) is 20.3 Å². The normalized spacial score (nSPS) is 14.3. The number of nitrogens with one attached hydrogen (secondary N) is 2. The van der Waals surface area contributed by atoms with Gasteiger partial charge in [0.25, 0.3) is 0 Å². The van der Waals surface area contributed by atoms with E-state index in [-0.39, 0.29) is 22.5 Å². The molecule has 23 heavy (non-hydrogen) atoms. The minimum Gasteiger partial charge on any atom is -0.478 e. The van der Waals surface area contributed by atoms with Gasteiger partial charge in [0.1, 0.15) is 0 Å². The molecule has 0 aliphatic rings. The summed E-state index contributed by atoms with van der Waals surface area (Å²) in [7, 11) is -3.72. The molecule has 130 valence electrons. The lowest BCUT2D eigenvalue weighted by atomic mass is 10.1. The van der Waals surface area contributed by atoms with Gasteiger partial charge in [0, 0.05) is 17.8 Å². The maximum atomic E-state index is 12.3. The van der Waals surface area contributed by atoms with Crippen molar-refractivity contribution in [1.29, 1.82) is 0 Å². The molecule has 6 nitrogen and oxygen atoms in total. The number of carboxylic acids is 1. The van der Waals surface area contributed by atoms with E-state index in [1.165, 1.54) is 18.2 Å². The molecule has 0 bridgehead atoms. The van der Waals surface area contributed by atoms with Crippen LogP contribution in [0.25, 0.3) is 0 Å². The van der Waals surface area contributed by atoms with Crippen LogP contribution in [0.5, 0.6) is 0 Å². The predicted octanol–water partition coefficient (Wildman–Crippen LogP) is 3.06. The molecule has 0 unspecified atom stereocenters. The summed E-state index contributed by atoms with van der Waals surface area (Å²) in [6, 6.07) is 4.04. The first kappa shape index (κ1) is 19.4. The van der Waals surface area contributed by atoms with Gasteiger partial charge in [0.2, 0.25) is 10.0 Å². The minimum absolute atomic E-state index is 0.0381. The summed E-state index contributed by atoms with van der Waals surface area (Å²) in [5, 5.41) is 12.5. The SMILES string of the molecule is CCC[C@H](C)Nc1ccc(S(=O)(=O)N[C@@H](C)CC)cc1C(=O)O. The third kappa shape index (κ3) is 5.51. The third-order valence-corrected chi connectivity index (χ3v) is 5.21. The molecular formula is C16H26N2O4S. The maximum Gasteiger partial charge on any atom is 0.337 e. The van der Waals surface area contributed by atoms with E-state index in [1.807, 2.05) is 20.8 Å². The van der Waals surface area contributed by atoms with Gasteiger partial charge in [-0.3, -0.25) is 0 Å². The summed E-state index contributed by atoms with van der Waals surface area (Å²) in [6.45, 7) is 7.65. The van der Waals surface area contributed by atoms with E-state index in [1.54, 1.807) is 6.92 Å². The summed E-state index contributed by atoms with van der Waals surface area (Å²) in [5.41, 5.74) is 0.390. The van der Waals surface area contributed by atoms with Crippen LogP contribution in [-0.4, -0.2) is 31.6 Å². The van der Waals surface area contributed by atoms with E-state index in [0.29, 0.717) is 12.1 Å². The second-order valence-electron chi connectivity index (χ2n) is 5.78. The van der Waals surface area contributed by atoms with E-state index in [2.05, 4.69) is 10.0 Å². The molecule has 1 aromatic rings. The number of carboxylic acid groups (broad SMARTS) is 1. The fraction of sp³-hybridized carbons (Fsp3) is 0.562. The van der Waals surface area contributed by atoms with Crippen molar-refractivity contribution < 1.29 is 18.3 Å². The Morgan fingerprint density at radius 3 is 2.39 bits per heavy atom. The zero-order valence-electron chi connectivity index (χ0n) is 14.1. The van der Waals surface area contributed by atoms with Gasteiger partial charge in [-0.15, -0.1) is 0 Å². The van der Waals surface area contributed by atoms with Crippen molar-refractivity contribution >= 4 is 21.7 Å². The van der Waals surface area contributed by atoms with Crippen molar-refractivity contribution in [2.45, 2.75) is 63.9 Å². The third-order valence-electron chi connectivity index (χ3n) is 3.62. The summed E-state index contributed by atoms with van der Waals surface area (Å²) < 4.78 is 27.1. The van der Waals surface area contributed by atoms with Crippen LogP contribution in [0.1, 0.15) is 57.3 Å². The lowest BCUT2D eigenvalue weighted by Crippen LogP contribution is -2.32. The maximum absolute atomic E-state index is 12.3. The first-order valence-electron chi connectivity index (χ1n) is 7.87. The van der Waals surface area contributed by atoms with E-state index in [0.717, 1.165) is 12.8 Å². The molecular weight excluding hydrogens is 316 g/mol. The molecule has 3 N–H and O–H groups in total. The Labute approximate surface area is 138 Å². The highest BCUT2D eigenvalue weighted by Gasteiger charge is 2.20.